The molecule has 1 unspecified atom stereocenters. The molecule has 9 heteroatoms. The van der Waals surface area contributed by atoms with Crippen molar-refractivity contribution >= 4 is 25.1 Å². The molecule has 0 saturated carbocycles. The van der Waals surface area contributed by atoms with Crippen LogP contribution in [0, 0.1) is 10.1 Å². The van der Waals surface area contributed by atoms with Gasteiger partial charge in [0.15, 0.2) is 0 Å². The van der Waals surface area contributed by atoms with Gasteiger partial charge in [-0.1, -0.05) is 23.7 Å². The fourth-order valence-electron chi connectivity index (χ4n) is 2.04. The number of non-ortho nitro benzene ring substituents is 1. The molecule has 2 atom stereocenters. The molecule has 0 spiro atoms. The van der Waals surface area contributed by atoms with Gasteiger partial charge in [-0.15, -0.1) is 0 Å². The van der Waals surface area contributed by atoms with Crippen LogP contribution < -0.4 is 4.52 Å². The normalized spacial score (nSPS) is 22.6. The molecular formula is C15H11ClNO6P. The van der Waals surface area contributed by atoms with E-state index < -0.39 is 18.8 Å². The maximum Gasteiger partial charge on any atom is 0.587 e. The third kappa shape index (κ3) is 3.76. The minimum Gasteiger partial charge on any atom is -0.403 e. The largest absolute Gasteiger partial charge is 0.587 e. The Morgan fingerprint density at radius 3 is 2.62 bits per heavy atom. The van der Waals surface area contributed by atoms with Crippen LogP contribution in [0.2, 0.25) is 5.02 Å². The van der Waals surface area contributed by atoms with Crippen molar-refractivity contribution in [2.45, 2.75) is 6.10 Å². The summed E-state index contributed by atoms with van der Waals surface area (Å²) in [5.41, 5.74) is 0.581. The maximum absolute atomic E-state index is 12.6. The van der Waals surface area contributed by atoms with Crippen LogP contribution >= 0.6 is 19.4 Å². The third-order valence-electron chi connectivity index (χ3n) is 3.13. The molecule has 0 fully saturated rings. The van der Waals surface area contributed by atoms with Gasteiger partial charge in [-0.2, -0.15) is 0 Å². The van der Waals surface area contributed by atoms with Crippen molar-refractivity contribution in [1.29, 1.82) is 0 Å². The summed E-state index contributed by atoms with van der Waals surface area (Å²) in [5, 5.41) is 11.1. The molecule has 0 amide bonds. The molecule has 24 heavy (non-hydrogen) atoms. The summed E-state index contributed by atoms with van der Waals surface area (Å²) in [6.45, 7) is 0. The van der Waals surface area contributed by atoms with Crippen molar-refractivity contribution in [1.82, 2.24) is 0 Å². The Morgan fingerprint density at radius 1 is 1.21 bits per heavy atom. The van der Waals surface area contributed by atoms with Crippen LogP contribution in [0.1, 0.15) is 11.7 Å². The van der Waals surface area contributed by atoms with Gasteiger partial charge in [-0.25, -0.2) is 4.57 Å². The number of benzene rings is 2. The van der Waals surface area contributed by atoms with Gasteiger partial charge in [0.05, 0.1) is 11.2 Å². The van der Waals surface area contributed by atoms with E-state index in [1.807, 2.05) is 0 Å². The third-order valence-corrected chi connectivity index (χ3v) is 4.66. The highest BCUT2D eigenvalue weighted by molar-refractivity contribution is 7.49. The zero-order valence-corrected chi connectivity index (χ0v) is 13.7. The summed E-state index contributed by atoms with van der Waals surface area (Å²) in [6, 6.07) is 12.0. The minimum absolute atomic E-state index is 0.109. The number of nitro benzene ring substituents is 1. The first-order valence-corrected chi connectivity index (χ1v) is 8.62. The summed E-state index contributed by atoms with van der Waals surface area (Å²) in [5.74, 6) is 0.129. The first-order chi connectivity index (χ1) is 11.5. The van der Waals surface area contributed by atoms with Gasteiger partial charge in [0.2, 0.25) is 0 Å². The lowest BCUT2D eigenvalue weighted by Crippen LogP contribution is -2.09. The zero-order chi connectivity index (χ0) is 17.2. The molecule has 2 aromatic carbocycles. The van der Waals surface area contributed by atoms with Gasteiger partial charge in [0.1, 0.15) is 11.9 Å². The molecule has 0 saturated heterocycles. The predicted molar refractivity (Wildman–Crippen MR) is 86.8 cm³/mol. The Balaban J connectivity index is 1.77. The Morgan fingerprint density at radius 2 is 1.96 bits per heavy atom. The summed E-state index contributed by atoms with van der Waals surface area (Å²) < 4.78 is 28.3. The molecule has 1 aliphatic heterocycles. The fraction of sp³-hybridized carbons (Fsp3) is 0.0667. The van der Waals surface area contributed by atoms with Gasteiger partial charge in [0.25, 0.3) is 5.69 Å². The second-order valence-electron chi connectivity index (χ2n) is 4.80. The standard InChI is InChI=1S/C15H11ClNO6P/c16-12-3-1-2-11(10-12)15-8-9-21-24(20,23-15)22-14-6-4-13(5-7-14)17(18)19/h1-10,15H/t15-,24?/m0/s1. The minimum atomic E-state index is -3.91. The van der Waals surface area contributed by atoms with E-state index in [4.69, 9.17) is 25.2 Å². The van der Waals surface area contributed by atoms with Crippen molar-refractivity contribution in [2.24, 2.45) is 0 Å². The van der Waals surface area contributed by atoms with Crippen LogP contribution in [-0.4, -0.2) is 4.92 Å². The van der Waals surface area contributed by atoms with Crippen LogP contribution in [0.25, 0.3) is 0 Å². The molecule has 0 N–H and O–H groups in total. The van der Waals surface area contributed by atoms with E-state index in [-0.39, 0.29) is 11.4 Å². The summed E-state index contributed by atoms with van der Waals surface area (Å²) in [6.07, 6.45) is 2.16. The molecule has 0 bridgehead atoms. The molecule has 1 heterocycles. The number of hydrogen-bond donors (Lipinski definition) is 0. The van der Waals surface area contributed by atoms with Crippen LogP contribution in [0.4, 0.5) is 5.69 Å². The second kappa shape index (κ2) is 6.65. The molecule has 0 aromatic heterocycles. The Hall–Kier alpha value is -2.34. The summed E-state index contributed by atoms with van der Waals surface area (Å²) in [7, 11) is -3.91. The second-order valence-corrected chi connectivity index (χ2v) is 6.74. The van der Waals surface area contributed by atoms with E-state index in [1.165, 1.54) is 30.5 Å². The lowest BCUT2D eigenvalue weighted by Gasteiger charge is -2.25. The average Bonchev–Trinajstić information content (AvgIpc) is 2.55. The van der Waals surface area contributed by atoms with E-state index in [2.05, 4.69) is 0 Å². The van der Waals surface area contributed by atoms with E-state index in [9.17, 15) is 14.7 Å². The van der Waals surface area contributed by atoms with Crippen LogP contribution in [-0.2, 0) is 13.6 Å². The summed E-state index contributed by atoms with van der Waals surface area (Å²) >= 11 is 5.94. The lowest BCUT2D eigenvalue weighted by molar-refractivity contribution is -0.384. The highest BCUT2D eigenvalue weighted by Crippen LogP contribution is 2.55. The maximum atomic E-state index is 12.6. The van der Waals surface area contributed by atoms with Gasteiger partial charge in [0, 0.05) is 17.2 Å². The molecule has 1 aliphatic rings. The predicted octanol–water partition coefficient (Wildman–Crippen LogP) is 5.04. The Labute approximate surface area is 142 Å². The topological polar surface area (TPSA) is 87.9 Å². The van der Waals surface area contributed by atoms with E-state index in [1.54, 1.807) is 30.3 Å². The van der Waals surface area contributed by atoms with E-state index in [0.717, 1.165) is 0 Å². The molecule has 2 aromatic rings. The first-order valence-electron chi connectivity index (χ1n) is 6.78. The number of halogens is 1. The summed E-state index contributed by atoms with van der Waals surface area (Å²) in [4.78, 5) is 10.1. The molecule has 7 nitrogen and oxygen atoms in total. The number of nitrogens with zero attached hydrogens (tertiary/aromatic N) is 1. The highest BCUT2D eigenvalue weighted by Gasteiger charge is 2.36. The monoisotopic (exact) mass is 367 g/mol. The van der Waals surface area contributed by atoms with Crippen LogP contribution in [0.3, 0.4) is 0 Å². The highest BCUT2D eigenvalue weighted by atomic mass is 35.5. The molecule has 124 valence electrons. The van der Waals surface area contributed by atoms with Crippen molar-refractivity contribution in [3.8, 4) is 5.75 Å². The molecule has 3 rings (SSSR count). The van der Waals surface area contributed by atoms with Crippen LogP contribution in [0.15, 0.2) is 60.9 Å². The fourth-order valence-corrected chi connectivity index (χ4v) is 3.44. The number of nitro groups is 1. The van der Waals surface area contributed by atoms with E-state index >= 15 is 0 Å². The number of phosphoric ester groups is 1. The first kappa shape index (κ1) is 16.5. The van der Waals surface area contributed by atoms with Crippen LogP contribution in [0.5, 0.6) is 5.75 Å². The van der Waals surface area contributed by atoms with Crippen molar-refractivity contribution in [3.05, 3.63) is 81.6 Å². The molecule has 0 radical (unpaired) electrons. The molecule has 0 aliphatic carbocycles. The Bertz CT molecular complexity index is 838. The van der Waals surface area contributed by atoms with Crippen molar-refractivity contribution in [3.63, 3.8) is 0 Å². The zero-order valence-electron chi connectivity index (χ0n) is 12.1. The van der Waals surface area contributed by atoms with Gasteiger partial charge < -0.3 is 9.05 Å². The number of hydrogen-bond acceptors (Lipinski definition) is 6. The van der Waals surface area contributed by atoms with Gasteiger partial charge in [-0.3, -0.25) is 14.6 Å². The number of rotatable bonds is 4. The quantitative estimate of drug-likeness (QED) is 0.427. The van der Waals surface area contributed by atoms with Crippen molar-refractivity contribution in [2.75, 3.05) is 0 Å². The SMILES string of the molecule is O=[N+]([O-])c1ccc(OP2(=O)OC=C[C@@H](c3cccc(Cl)c3)O2)cc1. The van der Waals surface area contributed by atoms with Gasteiger partial charge in [-0.05, 0) is 35.9 Å². The number of phosphoric acid groups is 1. The van der Waals surface area contributed by atoms with Crippen molar-refractivity contribution < 1.29 is 23.1 Å². The average molecular weight is 368 g/mol. The molecular weight excluding hydrogens is 357 g/mol. The lowest BCUT2D eigenvalue weighted by atomic mass is 10.1. The smallest absolute Gasteiger partial charge is 0.403 e. The van der Waals surface area contributed by atoms with E-state index in [0.29, 0.717) is 10.6 Å². The van der Waals surface area contributed by atoms with Gasteiger partial charge >= 0.3 is 7.82 Å². The Kier molecular flexibility index (Phi) is 4.57.